The number of imide groups is 1. The van der Waals surface area contributed by atoms with Gasteiger partial charge in [-0.15, -0.1) is 0 Å². The van der Waals surface area contributed by atoms with Crippen LogP contribution in [0.5, 0.6) is 0 Å². The highest BCUT2D eigenvalue weighted by Crippen LogP contribution is 2.06. The minimum Gasteiger partial charge on any atom is -0.452 e. The molecule has 1 rings (SSSR count). The summed E-state index contributed by atoms with van der Waals surface area (Å²) < 4.78 is 4.89. The Bertz CT molecular complexity index is 688. The first kappa shape index (κ1) is 22.9. The summed E-state index contributed by atoms with van der Waals surface area (Å²) in [5, 5.41) is 10.1. The molecule has 0 bridgehead atoms. The van der Waals surface area contributed by atoms with Crippen molar-refractivity contribution in [3.63, 3.8) is 0 Å². The van der Waals surface area contributed by atoms with Crippen LogP contribution in [-0.2, 0) is 16.1 Å². The largest absolute Gasteiger partial charge is 0.452 e. The van der Waals surface area contributed by atoms with E-state index in [0.29, 0.717) is 6.54 Å². The normalized spacial score (nSPS) is 11.3. The van der Waals surface area contributed by atoms with Crippen LogP contribution in [0.2, 0.25) is 0 Å². The molecule has 0 saturated heterocycles. The molecule has 0 aliphatic rings. The van der Waals surface area contributed by atoms with Gasteiger partial charge in [-0.3, -0.25) is 10.1 Å². The highest BCUT2D eigenvalue weighted by Gasteiger charge is 2.13. The molecule has 0 aliphatic carbocycles. The Hall–Kier alpha value is -3.10. The molecule has 1 aromatic carbocycles. The molecule has 0 radical (unpaired) electrons. The standard InChI is InChI=1S/C19H28N4O5/c1-5-13(4)22-19(27)23-16(24)11-28-17(25)15-8-6-14(7-9-15)10-20-18(26)21-12(2)3/h6-9,12-13H,5,10-11H2,1-4H3,(H2,20,21,26)(H2,22,23,24,27)/t13-/m0/s1. The Morgan fingerprint density at radius 2 is 1.61 bits per heavy atom. The minimum absolute atomic E-state index is 0.0375. The van der Waals surface area contributed by atoms with Gasteiger partial charge >= 0.3 is 18.0 Å². The Morgan fingerprint density at radius 1 is 0.964 bits per heavy atom. The molecule has 9 nitrogen and oxygen atoms in total. The zero-order valence-electron chi connectivity index (χ0n) is 16.6. The lowest BCUT2D eigenvalue weighted by Crippen LogP contribution is -2.44. The third kappa shape index (κ3) is 9.02. The summed E-state index contributed by atoms with van der Waals surface area (Å²) in [7, 11) is 0. The average Bonchev–Trinajstić information content (AvgIpc) is 2.64. The van der Waals surface area contributed by atoms with Crippen molar-refractivity contribution in [1.82, 2.24) is 21.3 Å². The molecule has 1 aromatic rings. The van der Waals surface area contributed by atoms with Crippen molar-refractivity contribution in [3.8, 4) is 0 Å². The van der Waals surface area contributed by atoms with Crippen LogP contribution in [0.4, 0.5) is 9.59 Å². The van der Waals surface area contributed by atoms with E-state index in [1.807, 2.05) is 20.8 Å². The van der Waals surface area contributed by atoms with Crippen LogP contribution < -0.4 is 21.3 Å². The van der Waals surface area contributed by atoms with Crippen molar-refractivity contribution in [2.75, 3.05) is 6.61 Å². The summed E-state index contributed by atoms with van der Waals surface area (Å²) >= 11 is 0. The molecule has 0 unspecified atom stereocenters. The second-order valence-electron chi connectivity index (χ2n) is 6.59. The fourth-order valence-corrected chi connectivity index (χ4v) is 1.99. The Labute approximate surface area is 164 Å². The summed E-state index contributed by atoms with van der Waals surface area (Å²) in [4.78, 5) is 46.7. The zero-order chi connectivity index (χ0) is 21.1. The lowest BCUT2D eigenvalue weighted by atomic mass is 10.1. The summed E-state index contributed by atoms with van der Waals surface area (Å²) in [6.07, 6.45) is 0.727. The predicted molar refractivity (Wildman–Crippen MR) is 104 cm³/mol. The van der Waals surface area contributed by atoms with Crippen molar-refractivity contribution in [2.24, 2.45) is 0 Å². The first-order valence-electron chi connectivity index (χ1n) is 9.12. The molecule has 0 fully saturated rings. The van der Waals surface area contributed by atoms with Gasteiger partial charge < -0.3 is 20.7 Å². The van der Waals surface area contributed by atoms with E-state index in [2.05, 4.69) is 21.3 Å². The molecular formula is C19H28N4O5. The first-order valence-corrected chi connectivity index (χ1v) is 9.12. The number of rotatable bonds is 8. The number of ether oxygens (including phenoxy) is 1. The van der Waals surface area contributed by atoms with Crippen molar-refractivity contribution in [3.05, 3.63) is 35.4 Å². The Morgan fingerprint density at radius 3 is 2.18 bits per heavy atom. The Kier molecular flexibility index (Phi) is 9.49. The van der Waals surface area contributed by atoms with E-state index in [1.165, 1.54) is 12.1 Å². The molecule has 0 heterocycles. The van der Waals surface area contributed by atoms with E-state index in [9.17, 15) is 19.2 Å². The third-order valence-corrected chi connectivity index (χ3v) is 3.64. The zero-order valence-corrected chi connectivity index (χ0v) is 16.6. The number of urea groups is 2. The number of nitrogens with one attached hydrogen (secondary N) is 4. The van der Waals surface area contributed by atoms with Crippen LogP contribution in [0.25, 0.3) is 0 Å². The van der Waals surface area contributed by atoms with Crippen molar-refractivity contribution in [2.45, 2.75) is 52.7 Å². The van der Waals surface area contributed by atoms with Gasteiger partial charge in [-0.1, -0.05) is 19.1 Å². The molecular weight excluding hydrogens is 364 g/mol. The maximum atomic E-state index is 12.0. The fourth-order valence-electron chi connectivity index (χ4n) is 1.99. The van der Waals surface area contributed by atoms with Crippen LogP contribution >= 0.6 is 0 Å². The van der Waals surface area contributed by atoms with E-state index in [0.717, 1.165) is 12.0 Å². The lowest BCUT2D eigenvalue weighted by molar-refractivity contribution is -0.123. The van der Waals surface area contributed by atoms with Gasteiger partial charge in [0.2, 0.25) is 0 Å². The maximum absolute atomic E-state index is 12.0. The van der Waals surface area contributed by atoms with Gasteiger partial charge in [-0.25, -0.2) is 14.4 Å². The SMILES string of the molecule is CC[C@H](C)NC(=O)NC(=O)COC(=O)c1ccc(CNC(=O)NC(C)C)cc1. The van der Waals surface area contributed by atoms with Crippen molar-refractivity contribution in [1.29, 1.82) is 0 Å². The van der Waals surface area contributed by atoms with Gasteiger partial charge in [0.25, 0.3) is 5.91 Å². The summed E-state index contributed by atoms with van der Waals surface area (Å²) in [6.45, 7) is 7.17. The quantitative estimate of drug-likeness (QED) is 0.501. The monoisotopic (exact) mass is 392 g/mol. The molecule has 9 heteroatoms. The second-order valence-corrected chi connectivity index (χ2v) is 6.59. The summed E-state index contributed by atoms with van der Waals surface area (Å²) in [6, 6.07) is 5.48. The van der Waals surface area contributed by atoms with Gasteiger partial charge in [0, 0.05) is 18.6 Å². The molecule has 1 atom stereocenters. The minimum atomic E-state index is -0.717. The topological polar surface area (TPSA) is 126 Å². The molecule has 5 amide bonds. The number of carbonyl (C=O) groups is 4. The molecule has 0 aliphatic heterocycles. The van der Waals surface area contributed by atoms with Crippen LogP contribution in [0, 0.1) is 0 Å². The van der Waals surface area contributed by atoms with Gasteiger partial charge in [0.1, 0.15) is 0 Å². The van der Waals surface area contributed by atoms with E-state index in [1.54, 1.807) is 19.1 Å². The van der Waals surface area contributed by atoms with E-state index in [4.69, 9.17) is 4.74 Å². The molecule has 28 heavy (non-hydrogen) atoms. The van der Waals surface area contributed by atoms with Crippen molar-refractivity contribution >= 4 is 23.9 Å². The van der Waals surface area contributed by atoms with Crippen molar-refractivity contribution < 1.29 is 23.9 Å². The van der Waals surface area contributed by atoms with Crippen LogP contribution in [0.15, 0.2) is 24.3 Å². The molecule has 0 saturated carbocycles. The summed E-state index contributed by atoms with van der Waals surface area (Å²) in [5.41, 5.74) is 1.06. The number of benzene rings is 1. The number of amides is 5. The van der Waals surface area contributed by atoms with E-state index < -0.39 is 24.5 Å². The van der Waals surface area contributed by atoms with E-state index >= 15 is 0 Å². The Balaban J connectivity index is 2.41. The van der Waals surface area contributed by atoms with Gasteiger partial charge in [-0.2, -0.15) is 0 Å². The summed E-state index contributed by atoms with van der Waals surface area (Å²) in [5.74, 6) is -1.40. The second kappa shape index (κ2) is 11.6. The van der Waals surface area contributed by atoms with E-state index in [-0.39, 0.29) is 23.7 Å². The number of hydrogen-bond acceptors (Lipinski definition) is 5. The molecule has 0 aromatic heterocycles. The maximum Gasteiger partial charge on any atom is 0.338 e. The highest BCUT2D eigenvalue weighted by atomic mass is 16.5. The van der Waals surface area contributed by atoms with Gasteiger partial charge in [-0.05, 0) is 44.9 Å². The predicted octanol–water partition coefficient (Wildman–Crippen LogP) is 1.68. The van der Waals surface area contributed by atoms with Crippen LogP contribution in [-0.4, -0.2) is 42.6 Å². The third-order valence-electron chi connectivity index (χ3n) is 3.64. The van der Waals surface area contributed by atoms with Crippen LogP contribution in [0.1, 0.15) is 50.0 Å². The molecule has 0 spiro atoms. The number of carbonyl (C=O) groups excluding carboxylic acids is 4. The van der Waals surface area contributed by atoms with Gasteiger partial charge in [0.15, 0.2) is 6.61 Å². The first-order chi connectivity index (χ1) is 13.2. The number of esters is 1. The number of hydrogen-bond donors (Lipinski definition) is 4. The molecule has 154 valence electrons. The lowest BCUT2D eigenvalue weighted by Gasteiger charge is -2.12. The van der Waals surface area contributed by atoms with Gasteiger partial charge in [0.05, 0.1) is 5.56 Å². The smallest absolute Gasteiger partial charge is 0.338 e. The van der Waals surface area contributed by atoms with Crippen LogP contribution in [0.3, 0.4) is 0 Å². The fraction of sp³-hybridized carbons (Fsp3) is 0.474. The molecule has 4 N–H and O–H groups in total. The highest BCUT2D eigenvalue weighted by molar-refractivity contribution is 5.97. The average molecular weight is 392 g/mol.